The van der Waals surface area contributed by atoms with Crippen molar-refractivity contribution in [1.29, 1.82) is 0 Å². The third-order valence-electron chi connectivity index (χ3n) is 1.56. The molecule has 0 radical (unpaired) electrons. The summed E-state index contributed by atoms with van der Waals surface area (Å²) in [6.07, 6.45) is 1.95. The molecule has 0 saturated heterocycles. The molecule has 1 aromatic heterocycles. The van der Waals surface area contributed by atoms with E-state index in [2.05, 4.69) is 9.69 Å². The van der Waals surface area contributed by atoms with Crippen LogP contribution in [0.3, 0.4) is 0 Å². The van der Waals surface area contributed by atoms with Gasteiger partial charge >= 0.3 is 0 Å². The van der Waals surface area contributed by atoms with Crippen LogP contribution in [0.1, 0.15) is 13.8 Å². The quantitative estimate of drug-likeness (QED) is 0.689. The van der Waals surface area contributed by atoms with E-state index in [0.717, 1.165) is 9.90 Å². The number of nitrogens with two attached hydrogens (primary N) is 1. The lowest BCUT2D eigenvalue weighted by Gasteiger charge is -2.17. The molecule has 0 aliphatic carbocycles. The van der Waals surface area contributed by atoms with Crippen molar-refractivity contribution in [1.82, 2.24) is 4.37 Å². The van der Waals surface area contributed by atoms with Crippen molar-refractivity contribution in [3.8, 4) is 0 Å². The fourth-order valence-electron chi connectivity index (χ4n) is 0.900. The summed E-state index contributed by atoms with van der Waals surface area (Å²) >= 11 is 2.88. The van der Waals surface area contributed by atoms with Crippen molar-refractivity contribution in [2.24, 2.45) is 0 Å². The molecule has 0 bridgehead atoms. The number of nitrogens with one attached hydrogen (secondary N) is 1. The Labute approximate surface area is 92.1 Å². The largest absolute Gasteiger partial charge is 0.389 e. The number of nitrogens with zero attached hydrogens (tertiary/aromatic N) is 1. The lowest BCUT2D eigenvalue weighted by molar-refractivity contribution is 0.0945. The van der Waals surface area contributed by atoms with E-state index in [1.54, 1.807) is 25.6 Å². The van der Waals surface area contributed by atoms with Crippen LogP contribution in [0.5, 0.6) is 0 Å². The van der Waals surface area contributed by atoms with E-state index in [-0.39, 0.29) is 0 Å². The molecule has 6 heteroatoms. The number of thioether (sulfide) groups is 1. The van der Waals surface area contributed by atoms with Crippen LogP contribution >= 0.6 is 23.3 Å². The maximum atomic E-state index is 9.53. The molecule has 1 rings (SSSR count). The number of rotatable bonds is 4. The van der Waals surface area contributed by atoms with Gasteiger partial charge in [-0.25, -0.2) is 0 Å². The molecular formula is C8H15N3OS2. The van der Waals surface area contributed by atoms with Crippen molar-refractivity contribution in [3.63, 3.8) is 0 Å². The summed E-state index contributed by atoms with van der Waals surface area (Å²) in [6, 6.07) is 0. The average Bonchev–Trinajstić information content (AvgIpc) is 2.41. The van der Waals surface area contributed by atoms with Crippen LogP contribution in [0.2, 0.25) is 0 Å². The van der Waals surface area contributed by atoms with Gasteiger partial charge in [0.05, 0.1) is 10.5 Å². The van der Waals surface area contributed by atoms with Gasteiger partial charge in [-0.05, 0) is 31.6 Å². The number of anilines is 2. The fraction of sp³-hybridized carbons (Fsp3) is 0.625. The first-order valence-electron chi connectivity index (χ1n) is 4.19. The molecule has 4 N–H and O–H groups in total. The molecule has 0 unspecified atom stereocenters. The predicted octanol–water partition coefficient (Wildman–Crippen LogP) is 1.63. The Balaban J connectivity index is 2.67. The second-order valence-corrected chi connectivity index (χ2v) is 5.19. The van der Waals surface area contributed by atoms with Gasteiger partial charge in [-0.2, -0.15) is 4.37 Å². The first-order valence-corrected chi connectivity index (χ1v) is 6.19. The van der Waals surface area contributed by atoms with Gasteiger partial charge in [0, 0.05) is 6.54 Å². The van der Waals surface area contributed by atoms with Gasteiger partial charge in [0.1, 0.15) is 5.00 Å². The summed E-state index contributed by atoms with van der Waals surface area (Å²) in [5.41, 5.74) is 4.94. The number of hydrogen-bond donors (Lipinski definition) is 3. The predicted molar refractivity (Wildman–Crippen MR) is 63.1 cm³/mol. The highest BCUT2D eigenvalue weighted by Gasteiger charge is 2.15. The van der Waals surface area contributed by atoms with Gasteiger partial charge in [0.25, 0.3) is 0 Å². The molecule has 0 atom stereocenters. The lowest BCUT2D eigenvalue weighted by Crippen LogP contribution is -2.29. The zero-order valence-electron chi connectivity index (χ0n) is 8.50. The monoisotopic (exact) mass is 233 g/mol. The molecule has 0 aromatic carbocycles. The van der Waals surface area contributed by atoms with Gasteiger partial charge in [0.2, 0.25) is 0 Å². The Kier molecular flexibility index (Phi) is 3.63. The molecule has 4 nitrogen and oxygen atoms in total. The van der Waals surface area contributed by atoms with Gasteiger partial charge in [-0.3, -0.25) is 0 Å². The van der Waals surface area contributed by atoms with Crippen LogP contribution in [-0.2, 0) is 0 Å². The molecule has 14 heavy (non-hydrogen) atoms. The minimum atomic E-state index is -0.728. The summed E-state index contributed by atoms with van der Waals surface area (Å²) in [7, 11) is 0. The standard InChI is InChI=1S/C8H15N3OS2/c1-8(2,12)4-10-7-5(13-3)6(9)11-14-7/h10,12H,4H2,1-3H3,(H2,9,11). The third-order valence-corrected chi connectivity index (χ3v) is 3.33. The van der Waals surface area contributed by atoms with E-state index in [1.807, 2.05) is 6.26 Å². The van der Waals surface area contributed by atoms with Crippen molar-refractivity contribution >= 4 is 34.1 Å². The summed E-state index contributed by atoms with van der Waals surface area (Å²) in [5, 5.41) is 13.6. The van der Waals surface area contributed by atoms with Crippen molar-refractivity contribution < 1.29 is 5.11 Å². The molecule has 1 heterocycles. The minimum absolute atomic E-state index is 0.488. The minimum Gasteiger partial charge on any atom is -0.389 e. The van der Waals surface area contributed by atoms with Crippen LogP contribution in [0, 0.1) is 0 Å². The van der Waals surface area contributed by atoms with Crippen molar-refractivity contribution in [2.75, 3.05) is 23.9 Å². The summed E-state index contributed by atoms with van der Waals surface area (Å²) in [6.45, 7) is 3.99. The Bertz CT molecular complexity index is 306. The zero-order valence-corrected chi connectivity index (χ0v) is 10.1. The van der Waals surface area contributed by atoms with E-state index in [9.17, 15) is 5.11 Å². The first kappa shape index (κ1) is 11.6. The van der Waals surface area contributed by atoms with E-state index in [1.165, 1.54) is 11.5 Å². The maximum Gasteiger partial charge on any atom is 0.153 e. The number of hydrogen-bond acceptors (Lipinski definition) is 6. The lowest BCUT2D eigenvalue weighted by atomic mass is 10.1. The van der Waals surface area contributed by atoms with Crippen molar-refractivity contribution in [3.05, 3.63) is 0 Å². The fourth-order valence-corrected chi connectivity index (χ4v) is 2.44. The molecule has 0 fully saturated rings. The van der Waals surface area contributed by atoms with Gasteiger partial charge in [-0.1, -0.05) is 0 Å². The average molecular weight is 233 g/mol. The topological polar surface area (TPSA) is 71.2 Å². The number of nitrogen functional groups attached to an aromatic ring is 1. The summed E-state index contributed by atoms with van der Waals surface area (Å²) in [4.78, 5) is 0.958. The molecule has 1 aromatic rings. The highest BCUT2D eigenvalue weighted by molar-refractivity contribution is 7.99. The Morgan fingerprint density at radius 1 is 1.64 bits per heavy atom. The van der Waals surface area contributed by atoms with Gasteiger partial charge in [-0.15, -0.1) is 11.8 Å². The Morgan fingerprint density at radius 2 is 2.29 bits per heavy atom. The molecular weight excluding hydrogens is 218 g/mol. The van der Waals surface area contributed by atoms with Crippen LogP contribution in [0.25, 0.3) is 0 Å². The number of aromatic nitrogens is 1. The second-order valence-electron chi connectivity index (χ2n) is 3.60. The SMILES string of the molecule is CSc1c(N)nsc1NCC(C)(C)O. The summed E-state index contributed by atoms with van der Waals surface area (Å²) in [5.74, 6) is 0.556. The maximum absolute atomic E-state index is 9.53. The smallest absolute Gasteiger partial charge is 0.153 e. The highest BCUT2D eigenvalue weighted by Crippen LogP contribution is 2.34. The summed E-state index contributed by atoms with van der Waals surface area (Å²) < 4.78 is 4.04. The molecule has 0 spiro atoms. The van der Waals surface area contributed by atoms with Crippen LogP contribution in [0.4, 0.5) is 10.8 Å². The van der Waals surface area contributed by atoms with E-state index in [0.29, 0.717) is 12.4 Å². The first-order chi connectivity index (χ1) is 6.44. The van der Waals surface area contributed by atoms with Crippen LogP contribution in [0.15, 0.2) is 4.90 Å². The van der Waals surface area contributed by atoms with E-state index in [4.69, 9.17) is 5.73 Å². The van der Waals surface area contributed by atoms with Crippen LogP contribution < -0.4 is 11.1 Å². The molecule has 0 amide bonds. The molecule has 0 aliphatic heterocycles. The zero-order chi connectivity index (χ0) is 10.8. The Hall–Kier alpha value is -0.460. The molecule has 0 aliphatic rings. The van der Waals surface area contributed by atoms with Gasteiger partial charge < -0.3 is 16.2 Å². The van der Waals surface area contributed by atoms with Crippen molar-refractivity contribution in [2.45, 2.75) is 24.3 Å². The Morgan fingerprint density at radius 3 is 2.79 bits per heavy atom. The van der Waals surface area contributed by atoms with E-state index >= 15 is 0 Å². The normalized spacial score (nSPS) is 11.7. The second kappa shape index (κ2) is 4.37. The molecule has 0 saturated carbocycles. The highest BCUT2D eigenvalue weighted by atomic mass is 32.2. The van der Waals surface area contributed by atoms with E-state index < -0.39 is 5.60 Å². The number of aliphatic hydroxyl groups is 1. The van der Waals surface area contributed by atoms with Crippen LogP contribution in [-0.4, -0.2) is 27.9 Å². The molecule has 80 valence electrons. The van der Waals surface area contributed by atoms with Gasteiger partial charge in [0.15, 0.2) is 5.82 Å². The third kappa shape index (κ3) is 3.04.